The third-order valence-electron chi connectivity index (χ3n) is 2.46. The lowest BCUT2D eigenvalue weighted by Gasteiger charge is -2.10. The number of carboxylic acids is 1. The average molecular weight is 305 g/mol. The molecule has 1 aromatic carbocycles. The summed E-state index contributed by atoms with van der Waals surface area (Å²) in [4.78, 5) is 22.1. The number of rotatable bonds is 5. The van der Waals surface area contributed by atoms with E-state index in [-0.39, 0.29) is 6.54 Å². The van der Waals surface area contributed by atoms with E-state index in [9.17, 15) is 9.59 Å². The fourth-order valence-electron chi connectivity index (χ4n) is 1.29. The predicted octanol–water partition coefficient (Wildman–Crippen LogP) is 3.23. The number of benzene rings is 1. The van der Waals surface area contributed by atoms with Gasteiger partial charge in [0.2, 0.25) is 0 Å². The third kappa shape index (κ3) is 5.36. The Bertz CT molecular complexity index is 480. The van der Waals surface area contributed by atoms with Crippen molar-refractivity contribution in [1.82, 2.24) is 5.32 Å². The van der Waals surface area contributed by atoms with E-state index in [0.29, 0.717) is 22.2 Å². The summed E-state index contributed by atoms with van der Waals surface area (Å²) in [7, 11) is 0. The molecule has 0 radical (unpaired) electrons. The predicted molar refractivity (Wildman–Crippen MR) is 74.9 cm³/mol. The molecule has 1 atom stereocenters. The maximum Gasteiger partial charge on any atom is 0.319 e. The molecule has 0 aliphatic heterocycles. The monoisotopic (exact) mass is 304 g/mol. The number of hydrogen-bond acceptors (Lipinski definition) is 2. The van der Waals surface area contributed by atoms with Gasteiger partial charge < -0.3 is 15.7 Å². The molecule has 0 heterocycles. The van der Waals surface area contributed by atoms with Crippen LogP contribution in [0.25, 0.3) is 0 Å². The number of carbonyl (C=O) groups is 2. The Morgan fingerprint density at radius 1 is 1.37 bits per heavy atom. The molecule has 0 aliphatic carbocycles. The number of carbonyl (C=O) groups excluding carboxylic acids is 1. The fourth-order valence-corrected chi connectivity index (χ4v) is 1.62. The van der Waals surface area contributed by atoms with Crippen LogP contribution in [-0.4, -0.2) is 23.7 Å². The first kappa shape index (κ1) is 15.6. The van der Waals surface area contributed by atoms with E-state index in [2.05, 4.69) is 10.6 Å². The zero-order valence-electron chi connectivity index (χ0n) is 10.2. The molecule has 0 saturated heterocycles. The molecule has 7 heteroatoms. The van der Waals surface area contributed by atoms with Crippen LogP contribution in [0.5, 0.6) is 0 Å². The van der Waals surface area contributed by atoms with E-state index in [1.165, 1.54) is 6.07 Å². The van der Waals surface area contributed by atoms with Crippen molar-refractivity contribution in [2.75, 3.05) is 11.9 Å². The van der Waals surface area contributed by atoms with Crippen LogP contribution in [0.4, 0.5) is 10.5 Å². The average Bonchev–Trinajstić information content (AvgIpc) is 2.33. The molecular formula is C12H14Cl2N2O3. The molecule has 0 fully saturated rings. The fraction of sp³-hybridized carbons (Fsp3) is 0.333. The Hall–Kier alpha value is -1.46. The van der Waals surface area contributed by atoms with Gasteiger partial charge in [0.15, 0.2) is 0 Å². The van der Waals surface area contributed by atoms with E-state index >= 15 is 0 Å². The highest BCUT2D eigenvalue weighted by Crippen LogP contribution is 2.25. The standard InChI is InChI=1S/C12H14Cl2N2O3/c1-7(11(17)18)4-5-15-12(19)16-10-6-8(13)2-3-9(10)14/h2-3,6-7H,4-5H2,1H3,(H,17,18)(H2,15,16,19). The zero-order valence-corrected chi connectivity index (χ0v) is 11.8. The van der Waals surface area contributed by atoms with E-state index in [4.69, 9.17) is 28.3 Å². The van der Waals surface area contributed by atoms with Crippen molar-refractivity contribution >= 4 is 40.9 Å². The second-order valence-corrected chi connectivity index (χ2v) is 4.88. The topological polar surface area (TPSA) is 78.4 Å². The largest absolute Gasteiger partial charge is 0.481 e. The summed E-state index contributed by atoms with van der Waals surface area (Å²) >= 11 is 11.7. The molecule has 19 heavy (non-hydrogen) atoms. The van der Waals surface area contributed by atoms with Gasteiger partial charge in [-0.15, -0.1) is 0 Å². The molecule has 0 bridgehead atoms. The molecule has 104 valence electrons. The zero-order chi connectivity index (χ0) is 14.4. The van der Waals surface area contributed by atoms with Gasteiger partial charge in [0.25, 0.3) is 0 Å². The van der Waals surface area contributed by atoms with Crippen molar-refractivity contribution in [3.8, 4) is 0 Å². The van der Waals surface area contributed by atoms with Gasteiger partial charge in [0.05, 0.1) is 16.6 Å². The number of halogens is 2. The summed E-state index contributed by atoms with van der Waals surface area (Å²) in [5.74, 6) is -1.39. The lowest BCUT2D eigenvalue weighted by Crippen LogP contribution is -2.31. The van der Waals surface area contributed by atoms with Crippen LogP contribution >= 0.6 is 23.2 Å². The van der Waals surface area contributed by atoms with Crippen molar-refractivity contribution in [1.29, 1.82) is 0 Å². The van der Waals surface area contributed by atoms with Gasteiger partial charge in [-0.2, -0.15) is 0 Å². The minimum absolute atomic E-state index is 0.261. The molecular weight excluding hydrogens is 291 g/mol. The minimum atomic E-state index is -0.889. The highest BCUT2D eigenvalue weighted by atomic mass is 35.5. The van der Waals surface area contributed by atoms with E-state index in [0.717, 1.165) is 0 Å². The molecule has 1 rings (SSSR count). The summed E-state index contributed by atoms with van der Waals surface area (Å²) in [5, 5.41) is 14.6. The van der Waals surface area contributed by atoms with Gasteiger partial charge in [-0.25, -0.2) is 4.79 Å². The Morgan fingerprint density at radius 3 is 2.68 bits per heavy atom. The number of amides is 2. The summed E-state index contributed by atoms with van der Waals surface area (Å²) in [5.41, 5.74) is 0.401. The Balaban J connectivity index is 2.43. The van der Waals surface area contributed by atoms with Crippen molar-refractivity contribution in [3.63, 3.8) is 0 Å². The van der Waals surface area contributed by atoms with E-state index < -0.39 is 17.9 Å². The first-order chi connectivity index (χ1) is 8.90. The lowest BCUT2D eigenvalue weighted by molar-refractivity contribution is -0.141. The summed E-state index contributed by atoms with van der Waals surface area (Å²) in [6.45, 7) is 1.84. The Kier molecular flexibility index (Phi) is 5.92. The van der Waals surface area contributed by atoms with Crippen LogP contribution < -0.4 is 10.6 Å². The third-order valence-corrected chi connectivity index (χ3v) is 3.03. The van der Waals surface area contributed by atoms with Crippen LogP contribution in [0, 0.1) is 5.92 Å². The maximum absolute atomic E-state index is 11.6. The number of hydrogen-bond donors (Lipinski definition) is 3. The number of anilines is 1. The smallest absolute Gasteiger partial charge is 0.319 e. The lowest BCUT2D eigenvalue weighted by atomic mass is 10.1. The van der Waals surface area contributed by atoms with Crippen molar-refractivity contribution in [2.24, 2.45) is 5.92 Å². The molecule has 2 amide bonds. The summed E-state index contributed by atoms with van der Waals surface area (Å²) < 4.78 is 0. The van der Waals surface area contributed by atoms with Crippen molar-refractivity contribution in [3.05, 3.63) is 28.2 Å². The van der Waals surface area contributed by atoms with Gasteiger partial charge in [0, 0.05) is 11.6 Å². The minimum Gasteiger partial charge on any atom is -0.481 e. The number of carboxylic acid groups (broad SMARTS) is 1. The van der Waals surface area contributed by atoms with Crippen LogP contribution in [0.1, 0.15) is 13.3 Å². The molecule has 0 spiro atoms. The van der Waals surface area contributed by atoms with Gasteiger partial charge in [-0.1, -0.05) is 30.1 Å². The van der Waals surface area contributed by atoms with E-state index in [1.54, 1.807) is 19.1 Å². The van der Waals surface area contributed by atoms with Crippen LogP contribution in [0.3, 0.4) is 0 Å². The van der Waals surface area contributed by atoms with Gasteiger partial charge in [-0.3, -0.25) is 4.79 Å². The summed E-state index contributed by atoms with van der Waals surface area (Å²) in [6, 6.07) is 4.26. The van der Waals surface area contributed by atoms with Crippen LogP contribution in [0.15, 0.2) is 18.2 Å². The van der Waals surface area contributed by atoms with E-state index in [1.807, 2.05) is 0 Å². The number of urea groups is 1. The maximum atomic E-state index is 11.6. The summed E-state index contributed by atoms with van der Waals surface area (Å²) in [6.07, 6.45) is 0.353. The second kappa shape index (κ2) is 7.21. The highest BCUT2D eigenvalue weighted by molar-refractivity contribution is 6.35. The highest BCUT2D eigenvalue weighted by Gasteiger charge is 2.11. The first-order valence-corrected chi connectivity index (χ1v) is 6.38. The van der Waals surface area contributed by atoms with Gasteiger partial charge in [-0.05, 0) is 24.6 Å². The van der Waals surface area contributed by atoms with Crippen molar-refractivity contribution < 1.29 is 14.7 Å². The Morgan fingerprint density at radius 2 is 2.05 bits per heavy atom. The molecule has 0 aromatic heterocycles. The second-order valence-electron chi connectivity index (χ2n) is 4.03. The molecule has 1 aromatic rings. The first-order valence-electron chi connectivity index (χ1n) is 5.63. The molecule has 1 unspecified atom stereocenters. The SMILES string of the molecule is CC(CCNC(=O)Nc1cc(Cl)ccc1Cl)C(=O)O. The quantitative estimate of drug-likeness (QED) is 0.781. The van der Waals surface area contributed by atoms with Crippen molar-refractivity contribution in [2.45, 2.75) is 13.3 Å². The van der Waals surface area contributed by atoms with Crippen LogP contribution in [0.2, 0.25) is 10.0 Å². The molecule has 0 aliphatic rings. The van der Waals surface area contributed by atoms with Gasteiger partial charge >= 0.3 is 12.0 Å². The number of nitrogens with one attached hydrogen (secondary N) is 2. The van der Waals surface area contributed by atoms with Crippen LogP contribution in [-0.2, 0) is 4.79 Å². The number of aliphatic carboxylic acids is 1. The van der Waals surface area contributed by atoms with Gasteiger partial charge in [0.1, 0.15) is 0 Å². The normalized spacial score (nSPS) is 11.7. The molecule has 3 N–H and O–H groups in total. The molecule has 5 nitrogen and oxygen atoms in total. The Labute approximate surface area is 120 Å². The molecule has 0 saturated carbocycles.